The van der Waals surface area contributed by atoms with Gasteiger partial charge >= 0.3 is 12.2 Å². The molecule has 2 amide bonds. The molecule has 4 rings (SSSR count). The van der Waals surface area contributed by atoms with Gasteiger partial charge in [0.2, 0.25) is 10.0 Å². The lowest BCUT2D eigenvalue weighted by molar-refractivity contribution is -0.137. The number of hydrogen-bond donors (Lipinski definition) is 0. The summed E-state index contributed by atoms with van der Waals surface area (Å²) in [6.07, 6.45) is -3.22. The fourth-order valence-electron chi connectivity index (χ4n) is 4.29. The van der Waals surface area contributed by atoms with E-state index in [1.54, 1.807) is 0 Å². The number of amides is 2. The summed E-state index contributed by atoms with van der Waals surface area (Å²) in [5, 5.41) is 9.07. The lowest BCUT2D eigenvalue weighted by atomic mass is 9.84. The number of alkyl halides is 3. The van der Waals surface area contributed by atoms with Crippen LogP contribution in [0.5, 0.6) is 0 Å². The van der Waals surface area contributed by atoms with Gasteiger partial charge in [-0.1, -0.05) is 18.2 Å². The van der Waals surface area contributed by atoms with E-state index in [9.17, 15) is 31.2 Å². The molecule has 11 heteroatoms. The van der Waals surface area contributed by atoms with Crippen LogP contribution < -0.4 is 4.90 Å². The first-order valence-corrected chi connectivity index (χ1v) is 12.1. The Kier molecular flexibility index (Phi) is 5.73. The Hall–Kier alpha value is -3.65. The molecule has 1 heterocycles. The number of carbonyl (C=O) groups excluding carboxylic acids is 2. The summed E-state index contributed by atoms with van der Waals surface area (Å²) < 4.78 is 66.1. The van der Waals surface area contributed by atoms with Crippen molar-refractivity contribution in [2.75, 3.05) is 11.2 Å². The first kappa shape index (κ1) is 23.5. The minimum atomic E-state index is -4.68. The molecule has 0 saturated heterocycles. The highest BCUT2D eigenvalue weighted by Crippen LogP contribution is 2.45. The smallest absolute Gasteiger partial charge is 0.294 e. The summed E-state index contributed by atoms with van der Waals surface area (Å²) in [4.78, 5) is 27.6. The molecule has 0 bridgehead atoms. The molecule has 2 aromatic rings. The van der Waals surface area contributed by atoms with Crippen LogP contribution in [0.2, 0.25) is 0 Å². The maximum absolute atomic E-state index is 13.6. The number of urea groups is 1. The summed E-state index contributed by atoms with van der Waals surface area (Å²) in [6, 6.07) is 9.34. The largest absolute Gasteiger partial charge is 0.416 e. The van der Waals surface area contributed by atoms with Gasteiger partial charge in [-0.3, -0.25) is 9.69 Å². The second kappa shape index (κ2) is 8.29. The number of hydrogen-bond acceptors (Lipinski definition) is 5. The third-order valence-electron chi connectivity index (χ3n) is 5.73. The van der Waals surface area contributed by atoms with Gasteiger partial charge in [-0.15, -0.1) is 0 Å². The molecule has 0 fully saturated rings. The maximum Gasteiger partial charge on any atom is 0.416 e. The molecular formula is C23H18F3N3O4S. The van der Waals surface area contributed by atoms with Gasteiger partial charge in [0.05, 0.1) is 29.1 Å². The van der Waals surface area contributed by atoms with Crippen molar-refractivity contribution in [1.29, 1.82) is 5.26 Å². The molecule has 1 aliphatic carbocycles. The van der Waals surface area contributed by atoms with E-state index in [1.807, 2.05) is 6.07 Å². The quantitative estimate of drug-likeness (QED) is 0.631. The number of nitrogens with zero attached hydrogens (tertiary/aromatic N) is 3. The highest BCUT2D eigenvalue weighted by molar-refractivity contribution is 7.88. The molecule has 0 saturated carbocycles. The van der Waals surface area contributed by atoms with Crippen molar-refractivity contribution in [3.63, 3.8) is 0 Å². The van der Waals surface area contributed by atoms with Gasteiger partial charge in [0.1, 0.15) is 6.04 Å². The minimum Gasteiger partial charge on any atom is -0.294 e. The Morgan fingerprint density at radius 2 is 1.74 bits per heavy atom. The molecule has 0 aromatic heterocycles. The number of benzene rings is 2. The van der Waals surface area contributed by atoms with Crippen molar-refractivity contribution in [2.45, 2.75) is 31.5 Å². The van der Waals surface area contributed by atoms with Crippen molar-refractivity contribution in [3.05, 3.63) is 76.5 Å². The van der Waals surface area contributed by atoms with Crippen molar-refractivity contribution >= 4 is 27.5 Å². The molecule has 1 aliphatic heterocycles. The third kappa shape index (κ3) is 4.05. The SMILES string of the molecule is CS(=O)(=O)N1C(=O)N(c2cccc(C(F)(F)F)c2)C2=C(C(=O)CCC2)C1c1ccc(C#N)cc1. The van der Waals surface area contributed by atoms with E-state index in [2.05, 4.69) is 0 Å². The number of Topliss-reactive ketones (excluding diaryl/α,β-unsaturated/α-hetero) is 1. The molecule has 2 aromatic carbocycles. The summed E-state index contributed by atoms with van der Waals surface area (Å²) in [7, 11) is -4.27. The molecule has 1 unspecified atom stereocenters. The van der Waals surface area contributed by atoms with Crippen LogP contribution in [-0.2, 0) is 21.0 Å². The molecule has 1 atom stereocenters. The van der Waals surface area contributed by atoms with Crippen molar-refractivity contribution < 1.29 is 31.2 Å². The fraction of sp³-hybridized carbons (Fsp3) is 0.261. The Morgan fingerprint density at radius 1 is 1.06 bits per heavy atom. The third-order valence-corrected chi connectivity index (χ3v) is 6.81. The van der Waals surface area contributed by atoms with E-state index in [0.717, 1.165) is 29.4 Å². The number of allylic oxidation sites excluding steroid dienone is 1. The zero-order valence-electron chi connectivity index (χ0n) is 17.8. The molecule has 7 nitrogen and oxygen atoms in total. The number of sulfonamides is 1. The number of carbonyl (C=O) groups is 2. The normalized spacial score (nSPS) is 19.2. The predicted molar refractivity (Wildman–Crippen MR) is 116 cm³/mol. The standard InChI is InChI=1S/C23H18F3N3O4S/c1-34(32,33)29-21(15-10-8-14(13-27)9-11-15)20-18(6-3-7-19(20)30)28(22(29)31)17-5-2-4-16(12-17)23(24,25)26/h2,4-5,8-12,21H,3,6-7H2,1H3. The second-order valence-electron chi connectivity index (χ2n) is 8.00. The van der Waals surface area contributed by atoms with Gasteiger partial charge in [0.25, 0.3) is 0 Å². The molecular weight excluding hydrogens is 471 g/mol. The number of nitriles is 1. The first-order valence-electron chi connectivity index (χ1n) is 10.2. The van der Waals surface area contributed by atoms with Gasteiger partial charge < -0.3 is 0 Å². The highest BCUT2D eigenvalue weighted by Gasteiger charge is 2.48. The van der Waals surface area contributed by atoms with Crippen LogP contribution in [0.25, 0.3) is 0 Å². The van der Waals surface area contributed by atoms with Gasteiger partial charge in [-0.25, -0.2) is 17.5 Å². The lowest BCUT2D eigenvalue weighted by Gasteiger charge is -2.44. The predicted octanol–water partition coefficient (Wildman–Crippen LogP) is 4.53. The topological polar surface area (TPSA) is 98.6 Å². The monoisotopic (exact) mass is 489 g/mol. The van der Waals surface area contributed by atoms with Gasteiger partial charge in [0.15, 0.2) is 5.78 Å². The van der Waals surface area contributed by atoms with Gasteiger partial charge in [-0.05, 0) is 48.7 Å². The van der Waals surface area contributed by atoms with Gasteiger partial charge in [-0.2, -0.15) is 18.4 Å². The van der Waals surface area contributed by atoms with E-state index in [0.29, 0.717) is 21.9 Å². The van der Waals surface area contributed by atoms with Crippen LogP contribution >= 0.6 is 0 Å². The van der Waals surface area contributed by atoms with Crippen molar-refractivity contribution in [3.8, 4) is 6.07 Å². The van der Waals surface area contributed by atoms with Crippen LogP contribution in [0.1, 0.15) is 42.0 Å². The van der Waals surface area contributed by atoms with Crippen LogP contribution in [-0.4, -0.2) is 30.8 Å². The number of anilines is 1. The Labute approximate surface area is 193 Å². The molecule has 0 N–H and O–H groups in total. The van der Waals surface area contributed by atoms with Crippen LogP contribution in [0, 0.1) is 11.3 Å². The lowest BCUT2D eigenvalue weighted by Crippen LogP contribution is -2.53. The van der Waals surface area contributed by atoms with Crippen LogP contribution in [0.15, 0.2) is 59.8 Å². The summed E-state index contributed by atoms with van der Waals surface area (Å²) >= 11 is 0. The Balaban J connectivity index is 1.99. The molecule has 176 valence electrons. The van der Waals surface area contributed by atoms with E-state index in [1.165, 1.54) is 30.3 Å². The second-order valence-corrected chi connectivity index (χ2v) is 9.86. The highest BCUT2D eigenvalue weighted by atomic mass is 32.2. The zero-order chi connectivity index (χ0) is 24.8. The van der Waals surface area contributed by atoms with Gasteiger partial charge in [0, 0.05) is 17.7 Å². The first-order chi connectivity index (χ1) is 15.9. The molecule has 2 aliphatic rings. The minimum absolute atomic E-state index is 0.0402. The van der Waals surface area contributed by atoms with Crippen LogP contribution in [0.4, 0.5) is 23.7 Å². The average Bonchev–Trinajstić information content (AvgIpc) is 2.77. The number of rotatable bonds is 3. The van der Waals surface area contributed by atoms with Crippen molar-refractivity contribution in [2.24, 2.45) is 0 Å². The van der Waals surface area contributed by atoms with Crippen molar-refractivity contribution in [1.82, 2.24) is 4.31 Å². The van der Waals surface area contributed by atoms with E-state index < -0.39 is 39.6 Å². The zero-order valence-corrected chi connectivity index (χ0v) is 18.7. The summed E-state index contributed by atoms with van der Waals surface area (Å²) in [5.41, 5.74) is -0.389. The fourth-order valence-corrected chi connectivity index (χ4v) is 5.27. The Bertz CT molecular complexity index is 1360. The Morgan fingerprint density at radius 3 is 2.32 bits per heavy atom. The number of ketones is 1. The van der Waals surface area contributed by atoms with E-state index >= 15 is 0 Å². The van der Waals surface area contributed by atoms with E-state index in [-0.39, 0.29) is 29.8 Å². The molecule has 34 heavy (non-hydrogen) atoms. The van der Waals surface area contributed by atoms with E-state index in [4.69, 9.17) is 5.26 Å². The van der Waals surface area contributed by atoms with Crippen LogP contribution in [0.3, 0.4) is 0 Å². The molecule has 0 spiro atoms. The summed E-state index contributed by atoms with van der Waals surface area (Å²) in [6.45, 7) is 0. The maximum atomic E-state index is 13.6. The summed E-state index contributed by atoms with van der Waals surface area (Å²) in [5.74, 6) is -0.395. The number of halogens is 3. The molecule has 0 radical (unpaired) electrons. The average molecular weight is 489 g/mol.